The molecule has 96 valence electrons. The normalized spacial score (nSPS) is 19.8. The molecular weight excluding hydrogens is 230 g/mol. The van der Waals surface area contributed by atoms with Crippen molar-refractivity contribution in [1.29, 1.82) is 0 Å². The molecule has 0 bridgehead atoms. The van der Waals surface area contributed by atoms with Crippen molar-refractivity contribution in [3.05, 3.63) is 18.2 Å². The van der Waals surface area contributed by atoms with E-state index in [0.29, 0.717) is 17.6 Å². The minimum absolute atomic E-state index is 0.253. The summed E-state index contributed by atoms with van der Waals surface area (Å²) in [6.07, 6.45) is 1.94. The molecule has 3 rings (SSSR count). The third-order valence-corrected chi connectivity index (χ3v) is 3.49. The summed E-state index contributed by atoms with van der Waals surface area (Å²) in [6.45, 7) is 2.10. The average molecular weight is 247 g/mol. The van der Waals surface area contributed by atoms with E-state index in [9.17, 15) is 0 Å². The van der Waals surface area contributed by atoms with Gasteiger partial charge in [-0.1, -0.05) is 0 Å². The Labute approximate surface area is 105 Å². The van der Waals surface area contributed by atoms with Crippen molar-refractivity contribution in [1.82, 2.24) is 4.98 Å². The van der Waals surface area contributed by atoms with Gasteiger partial charge in [0, 0.05) is 25.4 Å². The Bertz CT molecular complexity index is 552. The van der Waals surface area contributed by atoms with Gasteiger partial charge in [-0.05, 0) is 37.0 Å². The van der Waals surface area contributed by atoms with Gasteiger partial charge in [0.1, 0.15) is 5.52 Å². The molecule has 2 aromatic rings. The van der Waals surface area contributed by atoms with Gasteiger partial charge in [0.15, 0.2) is 5.58 Å². The first kappa shape index (κ1) is 11.3. The van der Waals surface area contributed by atoms with E-state index in [-0.39, 0.29) is 6.61 Å². The smallest absolute Gasteiger partial charge is 0.298 e. The number of rotatable bonds is 3. The number of fused-ring (bicyclic) bond motifs is 1. The van der Waals surface area contributed by atoms with E-state index in [1.807, 2.05) is 18.2 Å². The van der Waals surface area contributed by atoms with Crippen LogP contribution in [0.3, 0.4) is 0 Å². The SMILES string of the molecule is Nc1ccc2oc(N3CCC(CCO)C3)nc2c1. The lowest BCUT2D eigenvalue weighted by Crippen LogP contribution is -2.20. The van der Waals surface area contributed by atoms with Gasteiger partial charge < -0.3 is 20.2 Å². The molecule has 1 aromatic carbocycles. The van der Waals surface area contributed by atoms with Gasteiger partial charge in [0.2, 0.25) is 0 Å². The number of aliphatic hydroxyl groups excluding tert-OH is 1. The van der Waals surface area contributed by atoms with Crippen molar-refractivity contribution < 1.29 is 9.52 Å². The van der Waals surface area contributed by atoms with Crippen LogP contribution in [0.2, 0.25) is 0 Å². The highest BCUT2D eigenvalue weighted by molar-refractivity contribution is 5.78. The summed E-state index contributed by atoms with van der Waals surface area (Å²) < 4.78 is 5.73. The first-order valence-corrected chi connectivity index (χ1v) is 6.28. The van der Waals surface area contributed by atoms with Crippen LogP contribution in [-0.2, 0) is 0 Å². The minimum atomic E-state index is 0.253. The standard InChI is InChI=1S/C13H17N3O2/c14-10-1-2-12-11(7-10)15-13(18-12)16-5-3-9(8-16)4-6-17/h1-2,7,9,17H,3-6,8,14H2. The Hall–Kier alpha value is -1.75. The molecule has 5 heteroatoms. The number of aliphatic hydroxyl groups is 1. The highest BCUT2D eigenvalue weighted by Gasteiger charge is 2.25. The maximum atomic E-state index is 8.96. The summed E-state index contributed by atoms with van der Waals surface area (Å²) in [4.78, 5) is 6.60. The molecule has 0 radical (unpaired) electrons. The lowest BCUT2D eigenvalue weighted by atomic mass is 10.1. The highest BCUT2D eigenvalue weighted by Crippen LogP contribution is 2.28. The Morgan fingerprint density at radius 3 is 3.22 bits per heavy atom. The number of aromatic nitrogens is 1. The molecule has 1 fully saturated rings. The molecular formula is C13H17N3O2. The van der Waals surface area contributed by atoms with Crippen molar-refractivity contribution >= 4 is 22.8 Å². The van der Waals surface area contributed by atoms with E-state index in [2.05, 4.69) is 9.88 Å². The van der Waals surface area contributed by atoms with E-state index < -0.39 is 0 Å². The quantitative estimate of drug-likeness (QED) is 0.806. The van der Waals surface area contributed by atoms with Crippen LogP contribution in [0.5, 0.6) is 0 Å². The van der Waals surface area contributed by atoms with Crippen LogP contribution in [0.4, 0.5) is 11.7 Å². The summed E-state index contributed by atoms with van der Waals surface area (Å²) >= 11 is 0. The van der Waals surface area contributed by atoms with E-state index in [4.69, 9.17) is 15.3 Å². The van der Waals surface area contributed by atoms with Gasteiger partial charge in [0.25, 0.3) is 6.01 Å². The van der Waals surface area contributed by atoms with E-state index in [0.717, 1.165) is 37.0 Å². The molecule has 3 N–H and O–H groups in total. The van der Waals surface area contributed by atoms with Crippen molar-refractivity contribution in [2.75, 3.05) is 30.3 Å². The molecule has 2 heterocycles. The highest BCUT2D eigenvalue weighted by atomic mass is 16.4. The number of hydrogen-bond donors (Lipinski definition) is 2. The predicted octanol–water partition coefficient (Wildman–Crippen LogP) is 1.62. The van der Waals surface area contributed by atoms with Crippen LogP contribution in [0.15, 0.2) is 22.6 Å². The summed E-state index contributed by atoms with van der Waals surface area (Å²) in [5.74, 6) is 0.537. The van der Waals surface area contributed by atoms with Crippen molar-refractivity contribution in [3.63, 3.8) is 0 Å². The Balaban J connectivity index is 1.82. The first-order valence-electron chi connectivity index (χ1n) is 6.28. The second-order valence-corrected chi connectivity index (χ2v) is 4.84. The van der Waals surface area contributed by atoms with Gasteiger partial charge in [-0.25, -0.2) is 0 Å². The summed E-state index contributed by atoms with van der Waals surface area (Å²) in [7, 11) is 0. The molecule has 0 aliphatic carbocycles. The zero-order valence-electron chi connectivity index (χ0n) is 10.2. The maximum Gasteiger partial charge on any atom is 0.298 e. The Morgan fingerprint density at radius 1 is 1.50 bits per heavy atom. The molecule has 0 amide bonds. The van der Waals surface area contributed by atoms with E-state index in [1.165, 1.54) is 0 Å². The van der Waals surface area contributed by atoms with Gasteiger partial charge >= 0.3 is 0 Å². The van der Waals surface area contributed by atoms with Crippen LogP contribution in [0.25, 0.3) is 11.1 Å². The third kappa shape index (κ3) is 2.01. The van der Waals surface area contributed by atoms with Crippen LogP contribution in [0, 0.1) is 5.92 Å². The third-order valence-electron chi connectivity index (χ3n) is 3.49. The molecule has 1 saturated heterocycles. The van der Waals surface area contributed by atoms with Crippen LogP contribution in [0.1, 0.15) is 12.8 Å². The van der Waals surface area contributed by atoms with Gasteiger partial charge in [-0.3, -0.25) is 0 Å². The van der Waals surface area contributed by atoms with Gasteiger partial charge in [-0.15, -0.1) is 0 Å². The fraction of sp³-hybridized carbons (Fsp3) is 0.462. The number of nitrogens with two attached hydrogens (primary N) is 1. The van der Waals surface area contributed by atoms with E-state index in [1.54, 1.807) is 0 Å². The monoisotopic (exact) mass is 247 g/mol. The fourth-order valence-electron chi connectivity index (χ4n) is 2.49. The summed E-state index contributed by atoms with van der Waals surface area (Å²) in [5.41, 5.74) is 7.99. The average Bonchev–Trinajstić information content (AvgIpc) is 2.94. The number of hydrogen-bond acceptors (Lipinski definition) is 5. The van der Waals surface area contributed by atoms with Crippen molar-refractivity contribution in [2.45, 2.75) is 12.8 Å². The zero-order valence-corrected chi connectivity index (χ0v) is 10.2. The van der Waals surface area contributed by atoms with Crippen LogP contribution in [-0.4, -0.2) is 29.8 Å². The summed E-state index contributed by atoms with van der Waals surface area (Å²) in [5, 5.41) is 8.96. The molecule has 1 atom stereocenters. The topological polar surface area (TPSA) is 75.5 Å². The molecule has 0 saturated carbocycles. The first-order chi connectivity index (χ1) is 8.76. The van der Waals surface area contributed by atoms with Crippen molar-refractivity contribution in [3.8, 4) is 0 Å². The van der Waals surface area contributed by atoms with Crippen LogP contribution < -0.4 is 10.6 Å². The molecule has 1 aliphatic rings. The molecule has 1 unspecified atom stereocenters. The fourth-order valence-corrected chi connectivity index (χ4v) is 2.49. The van der Waals surface area contributed by atoms with Crippen LogP contribution >= 0.6 is 0 Å². The number of nitrogen functional groups attached to an aromatic ring is 1. The number of anilines is 2. The lowest BCUT2D eigenvalue weighted by Gasteiger charge is -2.12. The number of nitrogens with zero attached hydrogens (tertiary/aromatic N) is 2. The summed E-state index contributed by atoms with van der Waals surface area (Å²) in [6, 6.07) is 6.15. The molecule has 1 aromatic heterocycles. The van der Waals surface area contributed by atoms with E-state index >= 15 is 0 Å². The number of oxazole rings is 1. The minimum Gasteiger partial charge on any atom is -0.423 e. The molecule has 5 nitrogen and oxygen atoms in total. The zero-order chi connectivity index (χ0) is 12.5. The van der Waals surface area contributed by atoms with Gasteiger partial charge in [0.05, 0.1) is 0 Å². The molecule has 0 spiro atoms. The van der Waals surface area contributed by atoms with Crippen molar-refractivity contribution in [2.24, 2.45) is 5.92 Å². The molecule has 18 heavy (non-hydrogen) atoms. The largest absolute Gasteiger partial charge is 0.423 e. The molecule has 1 aliphatic heterocycles. The second kappa shape index (κ2) is 4.49. The van der Waals surface area contributed by atoms with Gasteiger partial charge in [-0.2, -0.15) is 4.98 Å². The second-order valence-electron chi connectivity index (χ2n) is 4.84. The maximum absolute atomic E-state index is 8.96. The predicted molar refractivity (Wildman–Crippen MR) is 70.4 cm³/mol. The Morgan fingerprint density at radius 2 is 2.39 bits per heavy atom. The Kier molecular flexibility index (Phi) is 2.83. The lowest BCUT2D eigenvalue weighted by molar-refractivity contribution is 0.263. The number of benzene rings is 1.